The van der Waals surface area contributed by atoms with Crippen LogP contribution in [0.2, 0.25) is 0 Å². The highest BCUT2D eigenvalue weighted by Crippen LogP contribution is 2.51. The van der Waals surface area contributed by atoms with Crippen LogP contribution in [-0.4, -0.2) is 10.9 Å². The number of hydrogen-bond acceptors (Lipinski definition) is 4. The highest BCUT2D eigenvalue weighted by Gasteiger charge is 2.33. The van der Waals surface area contributed by atoms with Crippen molar-refractivity contribution < 1.29 is 19.4 Å². The average Bonchev–Trinajstić information content (AvgIpc) is 3.19. The van der Waals surface area contributed by atoms with Crippen molar-refractivity contribution in [1.29, 1.82) is 0 Å². The van der Waals surface area contributed by atoms with Crippen molar-refractivity contribution in [1.82, 2.24) is 0 Å². The Hall–Kier alpha value is -4.83. The van der Waals surface area contributed by atoms with Crippen molar-refractivity contribution in [2.45, 2.75) is 128 Å². The van der Waals surface area contributed by atoms with Crippen LogP contribution in [0, 0.1) is 20.8 Å². The predicted octanol–water partition coefficient (Wildman–Crippen LogP) is 14.9. The average molecular weight is 729 g/mol. The molecule has 54 heavy (non-hydrogen) atoms. The first-order valence-electron chi connectivity index (χ1n) is 20.3. The van der Waals surface area contributed by atoms with Gasteiger partial charge in [-0.25, -0.2) is 0 Å². The van der Waals surface area contributed by atoms with Gasteiger partial charge in [0.1, 0.15) is 28.7 Å². The highest BCUT2D eigenvalue weighted by molar-refractivity contribution is 6.10. The second kappa shape index (κ2) is 21.2. The van der Waals surface area contributed by atoms with E-state index >= 15 is 0 Å². The SMILES string of the molecule is CC.CC.CC(=O)c1c2c(c(O)c3c1-c1cc(Oc4cccc(C)c4C)ccc1CC3)CCc1ccc(Oc3ccccc3C)cc1-2.CCC.CCCC. The lowest BCUT2D eigenvalue weighted by atomic mass is 9.73. The molecule has 4 nitrogen and oxygen atoms in total. The summed E-state index contributed by atoms with van der Waals surface area (Å²) in [7, 11) is 0. The molecule has 0 spiro atoms. The molecule has 7 rings (SSSR count). The molecule has 5 aromatic carbocycles. The summed E-state index contributed by atoms with van der Waals surface area (Å²) in [6.07, 6.45) is 6.84. The van der Waals surface area contributed by atoms with Gasteiger partial charge in [0.15, 0.2) is 5.78 Å². The van der Waals surface area contributed by atoms with Gasteiger partial charge < -0.3 is 14.6 Å². The number of aromatic hydroxyl groups is 1. The number of phenols is 1. The number of Topliss-reactive ketones (excluding diaryl/α,β-unsaturated/α-hetero) is 1. The number of fused-ring (bicyclic) bond motifs is 6. The summed E-state index contributed by atoms with van der Waals surface area (Å²) in [4.78, 5) is 13.7. The van der Waals surface area contributed by atoms with Crippen molar-refractivity contribution in [3.8, 4) is 51.0 Å². The van der Waals surface area contributed by atoms with Gasteiger partial charge in [0, 0.05) is 27.8 Å². The fraction of sp³-hybridized carbons (Fsp3) is 0.380. The summed E-state index contributed by atoms with van der Waals surface area (Å²) in [6.45, 7) is 24.4. The second-order valence-electron chi connectivity index (χ2n) is 13.5. The Labute approximate surface area is 326 Å². The summed E-state index contributed by atoms with van der Waals surface area (Å²) in [6, 6.07) is 26.2. The number of ether oxygens (including phenoxy) is 2. The fourth-order valence-electron chi connectivity index (χ4n) is 6.70. The van der Waals surface area contributed by atoms with Crippen LogP contribution in [0.15, 0.2) is 78.9 Å². The molecule has 0 aromatic heterocycles. The number of aryl methyl sites for hydroxylation is 4. The van der Waals surface area contributed by atoms with E-state index in [1.54, 1.807) is 6.92 Å². The van der Waals surface area contributed by atoms with Gasteiger partial charge >= 0.3 is 0 Å². The van der Waals surface area contributed by atoms with Crippen molar-refractivity contribution in [2.75, 3.05) is 0 Å². The molecule has 288 valence electrons. The summed E-state index contributed by atoms with van der Waals surface area (Å²) >= 11 is 0. The van der Waals surface area contributed by atoms with Crippen LogP contribution in [0.3, 0.4) is 0 Å². The summed E-state index contributed by atoms with van der Waals surface area (Å²) in [5.74, 6) is 3.32. The van der Waals surface area contributed by atoms with E-state index in [1.165, 1.54) is 24.8 Å². The molecule has 2 aliphatic carbocycles. The maximum Gasteiger partial charge on any atom is 0.161 e. The largest absolute Gasteiger partial charge is 0.507 e. The molecule has 1 N–H and O–H groups in total. The number of benzene rings is 5. The van der Waals surface area contributed by atoms with Crippen LogP contribution >= 0.6 is 0 Å². The molecule has 0 atom stereocenters. The first-order valence-corrected chi connectivity index (χ1v) is 20.3. The molecule has 0 heterocycles. The number of para-hydroxylation sites is 1. The molecule has 2 aliphatic rings. The third-order valence-corrected chi connectivity index (χ3v) is 9.62. The van der Waals surface area contributed by atoms with Crippen LogP contribution in [0.1, 0.15) is 131 Å². The standard InChI is InChI=1S/C39H34O4.C4H10.C3H8.2C2H6/c1-22-9-7-11-35(24(22)3)43-29-17-13-27-15-19-31-38(33(27)21-29)36(25(4)40)37-30(39(31)41)18-14-26-12-16-28(20-32(26)37)42-34-10-6-5-8-23(34)2;1-3-4-2;1-3-2;2*1-2/h5-13,16-17,20-21,41H,14-15,18-19H2,1-4H3;3-4H2,1-2H3;3H2,1-2H3;2*1-2H3. The number of phenolic OH excluding ortho intramolecular Hbond substituents is 1. The zero-order valence-corrected chi connectivity index (χ0v) is 35.1. The summed E-state index contributed by atoms with van der Waals surface area (Å²) in [5.41, 5.74) is 11.5. The summed E-state index contributed by atoms with van der Waals surface area (Å²) in [5, 5.41) is 11.8. The maximum atomic E-state index is 13.7. The lowest BCUT2D eigenvalue weighted by Crippen LogP contribution is -2.16. The Morgan fingerprint density at radius 1 is 0.611 bits per heavy atom. The van der Waals surface area contributed by atoms with Crippen molar-refractivity contribution in [3.63, 3.8) is 0 Å². The Bertz CT molecular complexity index is 2000. The molecule has 0 saturated carbocycles. The van der Waals surface area contributed by atoms with E-state index < -0.39 is 0 Å². The smallest absolute Gasteiger partial charge is 0.161 e. The van der Waals surface area contributed by atoms with E-state index in [-0.39, 0.29) is 5.78 Å². The Morgan fingerprint density at radius 3 is 1.52 bits per heavy atom. The molecular weight excluding hydrogens is 665 g/mol. The molecule has 4 heteroatoms. The topological polar surface area (TPSA) is 55.8 Å². The van der Waals surface area contributed by atoms with Crippen molar-refractivity contribution in [2.24, 2.45) is 0 Å². The molecule has 0 amide bonds. The molecule has 0 saturated heterocycles. The number of carbonyl (C=O) groups is 1. The highest BCUT2D eigenvalue weighted by atomic mass is 16.5. The molecule has 0 bridgehead atoms. The Balaban J connectivity index is 0.000000643. The van der Waals surface area contributed by atoms with Gasteiger partial charge in [-0.3, -0.25) is 4.79 Å². The van der Waals surface area contributed by atoms with Crippen LogP contribution in [0.4, 0.5) is 0 Å². The van der Waals surface area contributed by atoms with Crippen LogP contribution < -0.4 is 9.47 Å². The lowest BCUT2D eigenvalue weighted by molar-refractivity contribution is 0.101. The van der Waals surface area contributed by atoms with Gasteiger partial charge in [0.25, 0.3) is 0 Å². The van der Waals surface area contributed by atoms with E-state index in [4.69, 9.17) is 9.47 Å². The molecule has 0 radical (unpaired) electrons. The van der Waals surface area contributed by atoms with E-state index in [2.05, 4.69) is 59.7 Å². The van der Waals surface area contributed by atoms with Gasteiger partial charge in [0.05, 0.1) is 0 Å². The molecule has 5 aromatic rings. The van der Waals surface area contributed by atoms with Crippen LogP contribution in [-0.2, 0) is 25.7 Å². The first kappa shape index (κ1) is 43.6. The molecular formula is C50H64O4. The minimum absolute atomic E-state index is 0.0146. The van der Waals surface area contributed by atoms with Gasteiger partial charge in [-0.2, -0.15) is 0 Å². The third kappa shape index (κ3) is 9.82. The Morgan fingerprint density at radius 2 is 1.06 bits per heavy atom. The minimum Gasteiger partial charge on any atom is -0.507 e. The third-order valence-electron chi connectivity index (χ3n) is 9.62. The number of hydrogen-bond donors (Lipinski definition) is 1. The minimum atomic E-state index is -0.0146. The van der Waals surface area contributed by atoms with Gasteiger partial charge in [0.2, 0.25) is 0 Å². The Kier molecular flexibility index (Phi) is 17.1. The van der Waals surface area contributed by atoms with Crippen LogP contribution in [0.25, 0.3) is 22.3 Å². The maximum absolute atomic E-state index is 13.7. The van der Waals surface area contributed by atoms with Gasteiger partial charge in [-0.1, -0.05) is 117 Å². The predicted molar refractivity (Wildman–Crippen MR) is 230 cm³/mol. The fourth-order valence-corrected chi connectivity index (χ4v) is 6.70. The van der Waals surface area contributed by atoms with E-state index in [1.807, 2.05) is 95.3 Å². The van der Waals surface area contributed by atoms with E-state index in [9.17, 15) is 9.90 Å². The first-order chi connectivity index (χ1) is 26.1. The number of unbranched alkanes of at least 4 members (excludes halogenated alkanes) is 1. The van der Waals surface area contributed by atoms with Gasteiger partial charge in [-0.05, 0) is 129 Å². The van der Waals surface area contributed by atoms with Crippen molar-refractivity contribution in [3.05, 3.63) is 123 Å². The molecule has 0 fully saturated rings. The van der Waals surface area contributed by atoms with Gasteiger partial charge in [-0.15, -0.1) is 0 Å². The molecule has 0 aliphatic heterocycles. The second-order valence-corrected chi connectivity index (χ2v) is 13.5. The van der Waals surface area contributed by atoms with E-state index in [0.717, 1.165) is 80.0 Å². The molecule has 0 unspecified atom stereocenters. The van der Waals surface area contributed by atoms with Crippen LogP contribution in [0.5, 0.6) is 28.7 Å². The number of ketones is 1. The zero-order chi connectivity index (χ0) is 39.9. The lowest BCUT2D eigenvalue weighted by Gasteiger charge is -2.31. The normalized spacial score (nSPS) is 11.4. The van der Waals surface area contributed by atoms with E-state index in [0.29, 0.717) is 35.7 Å². The zero-order valence-electron chi connectivity index (χ0n) is 35.1. The monoisotopic (exact) mass is 728 g/mol. The summed E-state index contributed by atoms with van der Waals surface area (Å²) < 4.78 is 12.7. The number of carbonyl (C=O) groups excluding carboxylic acids is 1. The number of rotatable bonds is 6. The van der Waals surface area contributed by atoms with Crippen molar-refractivity contribution >= 4 is 5.78 Å². The quantitative estimate of drug-likeness (QED) is 0.177.